The van der Waals surface area contributed by atoms with Crippen molar-refractivity contribution in [2.45, 2.75) is 13.5 Å². The largest absolute Gasteiger partial charge is 0.489 e. The van der Waals surface area contributed by atoms with Crippen molar-refractivity contribution in [2.24, 2.45) is 0 Å². The molecule has 0 heterocycles. The third kappa shape index (κ3) is 5.17. The summed E-state index contributed by atoms with van der Waals surface area (Å²) in [6.07, 6.45) is 3.41. The van der Waals surface area contributed by atoms with E-state index in [0.29, 0.717) is 12.2 Å². The van der Waals surface area contributed by atoms with Gasteiger partial charge in [0.05, 0.1) is 0 Å². The van der Waals surface area contributed by atoms with E-state index in [1.165, 1.54) is 0 Å². The fraction of sp³-hybridized carbons (Fsp3) is 0.0870. The Morgan fingerprint density at radius 3 is 2.46 bits per heavy atom. The van der Waals surface area contributed by atoms with E-state index >= 15 is 0 Å². The Labute approximate surface area is 162 Å². The molecule has 0 atom stereocenters. The van der Waals surface area contributed by atoms with Crippen LogP contribution in [0.25, 0.3) is 6.08 Å². The normalized spacial score (nSPS) is 10.8. The second kappa shape index (κ2) is 8.63. The van der Waals surface area contributed by atoms with Gasteiger partial charge >= 0.3 is 0 Å². The molecule has 0 aliphatic carbocycles. The van der Waals surface area contributed by atoms with E-state index in [2.05, 4.69) is 15.9 Å². The number of aryl methyl sites for hydroxylation is 1. The second-order valence-corrected chi connectivity index (χ2v) is 6.97. The summed E-state index contributed by atoms with van der Waals surface area (Å²) in [5.74, 6) is 0.768. The molecular formula is C23H19BrO2. The van der Waals surface area contributed by atoms with Gasteiger partial charge in [-0.3, -0.25) is 4.79 Å². The van der Waals surface area contributed by atoms with E-state index in [4.69, 9.17) is 4.74 Å². The van der Waals surface area contributed by atoms with Crippen LogP contribution in [0, 0.1) is 6.92 Å². The molecule has 0 spiro atoms. The molecule has 0 aliphatic heterocycles. The molecule has 0 fully saturated rings. The van der Waals surface area contributed by atoms with Crippen LogP contribution in [0.4, 0.5) is 0 Å². The monoisotopic (exact) mass is 406 g/mol. The van der Waals surface area contributed by atoms with E-state index in [9.17, 15) is 4.79 Å². The van der Waals surface area contributed by atoms with Gasteiger partial charge in [0.2, 0.25) is 0 Å². The molecule has 3 aromatic rings. The van der Waals surface area contributed by atoms with Crippen LogP contribution in [0.3, 0.4) is 0 Å². The standard InChI is InChI=1S/C23H19BrO2/c1-17-5-10-20(11-6-17)23(25)14-9-18-3-2-4-22(15-18)26-16-19-7-12-21(24)13-8-19/h2-15H,16H2,1H3/b14-9+. The predicted octanol–water partition coefficient (Wildman–Crippen LogP) is 6.23. The van der Waals surface area contributed by atoms with Crippen molar-refractivity contribution in [1.82, 2.24) is 0 Å². The van der Waals surface area contributed by atoms with Crippen LogP contribution in [0.15, 0.2) is 83.3 Å². The molecule has 26 heavy (non-hydrogen) atoms. The maximum Gasteiger partial charge on any atom is 0.185 e. The highest BCUT2D eigenvalue weighted by molar-refractivity contribution is 9.10. The molecule has 0 unspecified atom stereocenters. The molecule has 0 aromatic heterocycles. The number of halogens is 1. The van der Waals surface area contributed by atoms with Crippen LogP contribution < -0.4 is 4.74 Å². The molecule has 0 aliphatic rings. The van der Waals surface area contributed by atoms with Crippen LogP contribution in [0.5, 0.6) is 5.75 Å². The summed E-state index contributed by atoms with van der Waals surface area (Å²) >= 11 is 3.42. The van der Waals surface area contributed by atoms with Gasteiger partial charge in [0.25, 0.3) is 0 Å². The molecule has 3 aromatic carbocycles. The average Bonchev–Trinajstić information content (AvgIpc) is 2.66. The average molecular weight is 407 g/mol. The molecule has 130 valence electrons. The summed E-state index contributed by atoms with van der Waals surface area (Å²) < 4.78 is 6.89. The number of benzene rings is 3. The third-order valence-corrected chi connectivity index (χ3v) is 4.47. The van der Waals surface area contributed by atoms with Crippen molar-refractivity contribution < 1.29 is 9.53 Å². The lowest BCUT2D eigenvalue weighted by Crippen LogP contribution is -1.95. The number of rotatable bonds is 6. The third-order valence-electron chi connectivity index (χ3n) is 3.94. The van der Waals surface area contributed by atoms with Crippen molar-refractivity contribution in [1.29, 1.82) is 0 Å². The number of ether oxygens (including phenoxy) is 1. The van der Waals surface area contributed by atoms with E-state index in [-0.39, 0.29) is 5.78 Å². The van der Waals surface area contributed by atoms with Crippen LogP contribution in [-0.2, 0) is 6.61 Å². The zero-order valence-electron chi connectivity index (χ0n) is 14.5. The fourth-order valence-electron chi connectivity index (χ4n) is 2.44. The summed E-state index contributed by atoms with van der Waals surface area (Å²) in [4.78, 5) is 12.2. The van der Waals surface area contributed by atoms with Crippen molar-refractivity contribution in [3.05, 3.63) is 106 Å². The first-order valence-corrected chi connectivity index (χ1v) is 9.16. The smallest absolute Gasteiger partial charge is 0.185 e. The molecule has 3 heteroatoms. The Morgan fingerprint density at radius 2 is 1.73 bits per heavy atom. The lowest BCUT2D eigenvalue weighted by Gasteiger charge is -2.07. The van der Waals surface area contributed by atoms with Gasteiger partial charge in [0, 0.05) is 10.0 Å². The van der Waals surface area contributed by atoms with Gasteiger partial charge in [-0.2, -0.15) is 0 Å². The zero-order valence-corrected chi connectivity index (χ0v) is 16.1. The Bertz CT molecular complexity index is 910. The van der Waals surface area contributed by atoms with Crippen LogP contribution in [0.1, 0.15) is 27.0 Å². The van der Waals surface area contributed by atoms with Crippen molar-refractivity contribution in [3.8, 4) is 5.75 Å². The van der Waals surface area contributed by atoms with Gasteiger partial charge in [0.15, 0.2) is 5.78 Å². The maximum absolute atomic E-state index is 12.2. The topological polar surface area (TPSA) is 26.3 Å². The van der Waals surface area contributed by atoms with E-state index < -0.39 is 0 Å². The lowest BCUT2D eigenvalue weighted by atomic mass is 10.1. The Morgan fingerprint density at radius 1 is 1.00 bits per heavy atom. The van der Waals surface area contributed by atoms with E-state index in [1.807, 2.05) is 85.8 Å². The number of ketones is 1. The number of allylic oxidation sites excluding steroid dienone is 1. The van der Waals surface area contributed by atoms with Gasteiger partial charge in [0.1, 0.15) is 12.4 Å². The van der Waals surface area contributed by atoms with Gasteiger partial charge in [-0.15, -0.1) is 0 Å². The Kier molecular flexibility index (Phi) is 6.03. The Balaban J connectivity index is 1.64. The van der Waals surface area contributed by atoms with Crippen molar-refractivity contribution in [2.75, 3.05) is 0 Å². The minimum Gasteiger partial charge on any atom is -0.489 e. The zero-order chi connectivity index (χ0) is 18.4. The molecule has 0 N–H and O–H groups in total. The highest BCUT2D eigenvalue weighted by atomic mass is 79.9. The van der Waals surface area contributed by atoms with Gasteiger partial charge < -0.3 is 4.74 Å². The molecule has 0 saturated carbocycles. The molecule has 0 saturated heterocycles. The number of carbonyl (C=O) groups is 1. The SMILES string of the molecule is Cc1ccc(C(=O)/C=C/c2cccc(OCc3ccc(Br)cc3)c2)cc1. The number of carbonyl (C=O) groups excluding carboxylic acids is 1. The number of hydrogen-bond donors (Lipinski definition) is 0. The highest BCUT2D eigenvalue weighted by Crippen LogP contribution is 2.18. The summed E-state index contributed by atoms with van der Waals surface area (Å²) in [7, 11) is 0. The molecule has 0 bridgehead atoms. The van der Waals surface area contributed by atoms with Crippen LogP contribution >= 0.6 is 15.9 Å². The van der Waals surface area contributed by atoms with E-state index in [1.54, 1.807) is 6.08 Å². The summed E-state index contributed by atoms with van der Waals surface area (Å²) in [5, 5.41) is 0. The fourth-order valence-corrected chi connectivity index (χ4v) is 2.71. The number of hydrogen-bond acceptors (Lipinski definition) is 2. The Hall–Kier alpha value is -2.65. The van der Waals surface area contributed by atoms with Gasteiger partial charge in [-0.05, 0) is 48.4 Å². The predicted molar refractivity (Wildman–Crippen MR) is 109 cm³/mol. The minimum atomic E-state index is -0.00816. The summed E-state index contributed by atoms with van der Waals surface area (Å²) in [5.41, 5.74) is 3.86. The first kappa shape index (κ1) is 18.2. The van der Waals surface area contributed by atoms with E-state index in [0.717, 1.165) is 26.9 Å². The first-order chi connectivity index (χ1) is 12.6. The molecular weight excluding hydrogens is 388 g/mol. The van der Waals surface area contributed by atoms with Crippen molar-refractivity contribution in [3.63, 3.8) is 0 Å². The minimum absolute atomic E-state index is 0.00816. The molecule has 0 amide bonds. The lowest BCUT2D eigenvalue weighted by molar-refractivity contribution is 0.104. The van der Waals surface area contributed by atoms with Gasteiger partial charge in [-0.1, -0.05) is 76.1 Å². The molecule has 0 radical (unpaired) electrons. The highest BCUT2D eigenvalue weighted by Gasteiger charge is 2.01. The van der Waals surface area contributed by atoms with Crippen LogP contribution in [0.2, 0.25) is 0 Å². The second-order valence-electron chi connectivity index (χ2n) is 6.05. The first-order valence-electron chi connectivity index (χ1n) is 8.36. The maximum atomic E-state index is 12.2. The van der Waals surface area contributed by atoms with Gasteiger partial charge in [-0.25, -0.2) is 0 Å². The van der Waals surface area contributed by atoms with Crippen molar-refractivity contribution >= 4 is 27.8 Å². The molecule has 3 rings (SSSR count). The van der Waals surface area contributed by atoms with Crippen LogP contribution in [-0.4, -0.2) is 5.78 Å². The summed E-state index contributed by atoms with van der Waals surface area (Å²) in [6, 6.07) is 23.3. The molecule has 2 nitrogen and oxygen atoms in total. The quantitative estimate of drug-likeness (QED) is 0.358. The summed E-state index contributed by atoms with van der Waals surface area (Å²) in [6.45, 7) is 2.51.